The molecule has 1 aromatic rings. The number of hydrogen-bond acceptors (Lipinski definition) is 2. The molecule has 0 unspecified atom stereocenters. The van der Waals surface area contributed by atoms with Crippen molar-refractivity contribution in [3.63, 3.8) is 0 Å². The number of aryl methyl sites for hydroxylation is 3. The van der Waals surface area contributed by atoms with E-state index in [4.69, 9.17) is 0 Å². The Morgan fingerprint density at radius 3 is 2.35 bits per heavy atom. The number of nitrogens with zero attached hydrogens (tertiary/aromatic N) is 2. The van der Waals surface area contributed by atoms with Gasteiger partial charge in [0.1, 0.15) is 24.8 Å². The van der Waals surface area contributed by atoms with E-state index in [2.05, 4.69) is 62.6 Å². The molecular formula is C17H27N2O+. The lowest BCUT2D eigenvalue weighted by atomic mass is 10.0. The first-order valence-corrected chi connectivity index (χ1v) is 7.50. The van der Waals surface area contributed by atoms with Crippen LogP contribution in [0.5, 0.6) is 0 Å². The molecule has 3 nitrogen and oxygen atoms in total. The van der Waals surface area contributed by atoms with Crippen molar-refractivity contribution < 1.29 is 9.68 Å². The number of hydrogen-bond donors (Lipinski definition) is 1. The average molecular weight is 275 g/mol. The number of benzene rings is 1. The van der Waals surface area contributed by atoms with Crippen molar-refractivity contribution in [3.05, 3.63) is 28.8 Å². The molecule has 0 spiro atoms. The Kier molecular flexibility index (Phi) is 4.48. The molecule has 1 aromatic carbocycles. The Morgan fingerprint density at radius 2 is 1.85 bits per heavy atom. The number of anilines is 1. The smallest absolute Gasteiger partial charge is 0.239 e. The van der Waals surface area contributed by atoms with Crippen LogP contribution in [0, 0.1) is 26.7 Å². The number of rotatable bonds is 4. The van der Waals surface area contributed by atoms with Crippen LogP contribution in [0.25, 0.3) is 0 Å². The number of β-amino-alcohol motifs (C(OH)–C–C–N with tert-alkyl or cyclic N) is 1. The van der Waals surface area contributed by atoms with Crippen LogP contribution in [-0.2, 0) is 0 Å². The van der Waals surface area contributed by atoms with Crippen molar-refractivity contribution in [1.29, 1.82) is 0 Å². The summed E-state index contributed by atoms with van der Waals surface area (Å²) in [6.45, 7) is 12.9. The summed E-state index contributed by atoms with van der Waals surface area (Å²) in [6.07, 6.45) is 2.19. The van der Waals surface area contributed by atoms with Gasteiger partial charge in [-0.15, -0.1) is 0 Å². The molecule has 0 saturated heterocycles. The highest BCUT2D eigenvalue weighted by atomic mass is 16.3. The maximum atomic E-state index is 9.25. The molecule has 0 saturated carbocycles. The Morgan fingerprint density at radius 1 is 1.25 bits per heavy atom. The van der Waals surface area contributed by atoms with Gasteiger partial charge in [0.05, 0.1) is 6.61 Å². The highest BCUT2D eigenvalue weighted by Gasteiger charge is 2.34. The van der Waals surface area contributed by atoms with Gasteiger partial charge in [-0.1, -0.05) is 31.5 Å². The van der Waals surface area contributed by atoms with Crippen molar-refractivity contribution >= 4 is 12.0 Å². The molecule has 0 aliphatic carbocycles. The fraction of sp³-hybridized carbons (Fsp3) is 0.588. The van der Waals surface area contributed by atoms with E-state index in [0.717, 1.165) is 6.54 Å². The quantitative estimate of drug-likeness (QED) is 0.855. The summed E-state index contributed by atoms with van der Waals surface area (Å²) in [4.78, 5) is 2.35. The molecule has 110 valence electrons. The van der Waals surface area contributed by atoms with E-state index in [1.54, 1.807) is 0 Å². The van der Waals surface area contributed by atoms with Crippen LogP contribution in [0.3, 0.4) is 0 Å². The van der Waals surface area contributed by atoms with Gasteiger partial charge >= 0.3 is 0 Å². The van der Waals surface area contributed by atoms with Crippen LogP contribution >= 0.6 is 0 Å². The van der Waals surface area contributed by atoms with E-state index in [1.165, 1.54) is 22.4 Å². The van der Waals surface area contributed by atoms with E-state index in [1.807, 2.05) is 0 Å². The summed E-state index contributed by atoms with van der Waals surface area (Å²) in [6, 6.07) is 4.96. The topological polar surface area (TPSA) is 26.5 Å². The highest BCUT2D eigenvalue weighted by Crippen LogP contribution is 2.28. The average Bonchev–Trinajstić information content (AvgIpc) is 2.72. The Hall–Kier alpha value is -1.35. The third-order valence-corrected chi connectivity index (χ3v) is 4.15. The molecule has 0 bridgehead atoms. The molecule has 3 heteroatoms. The zero-order valence-electron chi connectivity index (χ0n) is 13.3. The molecule has 0 fully saturated rings. The molecule has 1 N–H and O–H groups in total. The van der Waals surface area contributed by atoms with Gasteiger partial charge in [0.2, 0.25) is 6.34 Å². The minimum absolute atomic E-state index is 0.208. The van der Waals surface area contributed by atoms with Crippen LogP contribution in [0.4, 0.5) is 5.69 Å². The van der Waals surface area contributed by atoms with Gasteiger partial charge < -0.3 is 5.11 Å². The van der Waals surface area contributed by atoms with Crippen molar-refractivity contribution in [2.75, 3.05) is 24.6 Å². The molecule has 1 aliphatic rings. The molecule has 1 aliphatic heterocycles. The van der Waals surface area contributed by atoms with Gasteiger partial charge in [-0.05, 0) is 37.8 Å². The second-order valence-corrected chi connectivity index (χ2v) is 6.29. The van der Waals surface area contributed by atoms with E-state index >= 15 is 0 Å². The standard InChI is InChI=1S/C17H27N2O/c1-12(2)16-10-19(11-18(16)6-7-20)17-14(4)8-13(3)9-15(17)5/h8-9,11-12,16,20H,6-7,10H2,1-5H3/q+1/t16-/m1/s1. The largest absolute Gasteiger partial charge is 0.392 e. The minimum atomic E-state index is 0.208. The van der Waals surface area contributed by atoms with Crippen molar-refractivity contribution in [1.82, 2.24) is 0 Å². The van der Waals surface area contributed by atoms with Crippen LogP contribution in [-0.4, -0.2) is 41.8 Å². The molecule has 0 amide bonds. The fourth-order valence-corrected chi connectivity index (χ4v) is 3.33. The molecule has 0 radical (unpaired) electrons. The second kappa shape index (κ2) is 5.96. The van der Waals surface area contributed by atoms with Gasteiger partial charge in [-0.25, -0.2) is 4.90 Å². The summed E-state index contributed by atoms with van der Waals surface area (Å²) in [5.41, 5.74) is 5.29. The Labute approximate surface area is 122 Å². The SMILES string of the molecule is Cc1cc(C)c(N2C=[N+](CCO)[C@@H](C(C)C)C2)c(C)c1. The predicted octanol–water partition coefficient (Wildman–Crippen LogP) is 2.49. The molecular weight excluding hydrogens is 248 g/mol. The first kappa shape index (κ1) is 15.0. The van der Waals surface area contributed by atoms with Gasteiger partial charge in [-0.2, -0.15) is 0 Å². The van der Waals surface area contributed by atoms with Gasteiger partial charge in [0.25, 0.3) is 0 Å². The second-order valence-electron chi connectivity index (χ2n) is 6.29. The first-order valence-electron chi connectivity index (χ1n) is 7.50. The third kappa shape index (κ3) is 2.88. The Bertz CT molecular complexity index is 497. The van der Waals surface area contributed by atoms with Crippen LogP contribution in [0.1, 0.15) is 30.5 Å². The zero-order chi connectivity index (χ0) is 14.9. The van der Waals surface area contributed by atoms with Crippen LogP contribution in [0.2, 0.25) is 0 Å². The van der Waals surface area contributed by atoms with Gasteiger partial charge in [0, 0.05) is 0 Å². The summed E-state index contributed by atoms with van der Waals surface area (Å²) >= 11 is 0. The van der Waals surface area contributed by atoms with Crippen LogP contribution in [0.15, 0.2) is 12.1 Å². The molecule has 2 rings (SSSR count). The minimum Gasteiger partial charge on any atom is -0.392 e. The number of aliphatic hydroxyl groups is 1. The molecule has 1 heterocycles. The zero-order valence-corrected chi connectivity index (χ0v) is 13.3. The maximum Gasteiger partial charge on any atom is 0.239 e. The number of aliphatic hydroxyl groups excluding tert-OH is 1. The summed E-state index contributed by atoms with van der Waals surface area (Å²) in [5, 5.41) is 9.25. The van der Waals surface area contributed by atoms with Crippen molar-refractivity contribution in [2.45, 2.75) is 40.7 Å². The normalized spacial score (nSPS) is 18.9. The lowest BCUT2D eigenvalue weighted by Crippen LogP contribution is -2.33. The van der Waals surface area contributed by atoms with Crippen molar-refractivity contribution in [3.8, 4) is 0 Å². The van der Waals surface area contributed by atoms with E-state index in [0.29, 0.717) is 18.5 Å². The molecule has 1 atom stereocenters. The third-order valence-electron chi connectivity index (χ3n) is 4.15. The van der Waals surface area contributed by atoms with Crippen molar-refractivity contribution in [2.24, 2.45) is 5.92 Å². The fourth-order valence-electron chi connectivity index (χ4n) is 3.33. The summed E-state index contributed by atoms with van der Waals surface area (Å²) in [5.74, 6) is 0.578. The maximum absolute atomic E-state index is 9.25. The van der Waals surface area contributed by atoms with Gasteiger partial charge in [0.15, 0.2) is 0 Å². The monoisotopic (exact) mass is 275 g/mol. The summed E-state index contributed by atoms with van der Waals surface area (Å²) < 4.78 is 2.28. The lowest BCUT2D eigenvalue weighted by Gasteiger charge is -2.17. The molecule has 0 aromatic heterocycles. The molecule has 20 heavy (non-hydrogen) atoms. The van der Waals surface area contributed by atoms with E-state index in [9.17, 15) is 5.11 Å². The van der Waals surface area contributed by atoms with E-state index in [-0.39, 0.29) is 6.61 Å². The van der Waals surface area contributed by atoms with Crippen LogP contribution < -0.4 is 4.90 Å². The van der Waals surface area contributed by atoms with E-state index < -0.39 is 0 Å². The lowest BCUT2D eigenvalue weighted by molar-refractivity contribution is -0.560. The Balaban J connectivity index is 2.35. The predicted molar refractivity (Wildman–Crippen MR) is 84.9 cm³/mol. The highest BCUT2D eigenvalue weighted by molar-refractivity contribution is 5.81. The van der Waals surface area contributed by atoms with Gasteiger partial charge in [-0.3, -0.25) is 4.58 Å². The first-order chi connectivity index (χ1) is 9.43. The summed E-state index contributed by atoms with van der Waals surface area (Å²) in [7, 11) is 0.